The van der Waals surface area contributed by atoms with Gasteiger partial charge in [-0.25, -0.2) is 4.79 Å². The Morgan fingerprint density at radius 2 is 2.00 bits per heavy atom. The van der Waals surface area contributed by atoms with Gasteiger partial charge in [0.05, 0.1) is 12.2 Å². The Labute approximate surface area is 137 Å². The van der Waals surface area contributed by atoms with Crippen LogP contribution in [-0.4, -0.2) is 29.0 Å². The molecule has 0 spiro atoms. The Hall–Kier alpha value is -2.62. The summed E-state index contributed by atoms with van der Waals surface area (Å²) in [4.78, 5) is 18.5. The van der Waals surface area contributed by atoms with Crippen molar-refractivity contribution in [3.05, 3.63) is 78.1 Å². The SMILES string of the molecule is C=CCN(CCc1ccccc1)C(=O)NCc1cccc(C)n1. The summed E-state index contributed by atoms with van der Waals surface area (Å²) in [7, 11) is 0. The first-order chi connectivity index (χ1) is 11.2. The molecule has 2 aromatic rings. The van der Waals surface area contributed by atoms with Crippen molar-refractivity contribution >= 4 is 6.03 Å². The molecule has 0 saturated heterocycles. The molecule has 1 N–H and O–H groups in total. The summed E-state index contributed by atoms with van der Waals surface area (Å²) in [6.07, 6.45) is 2.57. The predicted molar refractivity (Wildman–Crippen MR) is 93.1 cm³/mol. The zero-order valence-corrected chi connectivity index (χ0v) is 13.5. The van der Waals surface area contributed by atoms with Crippen LogP contribution in [0.3, 0.4) is 0 Å². The number of nitrogens with zero attached hydrogens (tertiary/aromatic N) is 2. The minimum atomic E-state index is -0.0934. The summed E-state index contributed by atoms with van der Waals surface area (Å²) in [6, 6.07) is 15.9. The number of hydrogen-bond donors (Lipinski definition) is 1. The number of rotatable bonds is 7. The third-order valence-corrected chi connectivity index (χ3v) is 3.52. The summed E-state index contributed by atoms with van der Waals surface area (Å²) in [5.74, 6) is 0. The Bertz CT molecular complexity index is 640. The van der Waals surface area contributed by atoms with E-state index in [9.17, 15) is 4.79 Å². The quantitative estimate of drug-likeness (QED) is 0.797. The Kier molecular flexibility index (Phi) is 6.36. The maximum atomic E-state index is 12.4. The van der Waals surface area contributed by atoms with Crippen molar-refractivity contribution in [1.82, 2.24) is 15.2 Å². The van der Waals surface area contributed by atoms with E-state index in [-0.39, 0.29) is 6.03 Å². The fraction of sp³-hybridized carbons (Fsp3) is 0.263. The van der Waals surface area contributed by atoms with E-state index in [4.69, 9.17) is 0 Å². The van der Waals surface area contributed by atoms with Crippen LogP contribution in [0.4, 0.5) is 4.79 Å². The molecule has 1 aromatic carbocycles. The van der Waals surface area contributed by atoms with Crippen molar-refractivity contribution < 1.29 is 4.79 Å². The molecule has 0 aliphatic heterocycles. The molecule has 0 atom stereocenters. The van der Waals surface area contributed by atoms with Crippen LogP contribution in [0.15, 0.2) is 61.2 Å². The fourth-order valence-electron chi connectivity index (χ4n) is 2.32. The standard InChI is InChI=1S/C19H23N3O/c1-3-13-22(14-12-17-9-5-4-6-10-17)19(23)20-15-18-11-7-8-16(2)21-18/h3-11H,1,12-15H2,2H3,(H,20,23). The monoisotopic (exact) mass is 309 g/mol. The number of nitrogens with one attached hydrogen (secondary N) is 1. The highest BCUT2D eigenvalue weighted by molar-refractivity contribution is 5.74. The second-order valence-electron chi connectivity index (χ2n) is 5.40. The summed E-state index contributed by atoms with van der Waals surface area (Å²) >= 11 is 0. The molecule has 4 heteroatoms. The maximum Gasteiger partial charge on any atom is 0.318 e. The average Bonchev–Trinajstić information content (AvgIpc) is 2.57. The van der Waals surface area contributed by atoms with E-state index in [2.05, 4.69) is 29.0 Å². The Balaban J connectivity index is 1.88. The molecule has 1 heterocycles. The second kappa shape index (κ2) is 8.73. The van der Waals surface area contributed by atoms with Crippen LogP contribution in [0.5, 0.6) is 0 Å². The number of amides is 2. The first-order valence-electron chi connectivity index (χ1n) is 7.79. The van der Waals surface area contributed by atoms with E-state index in [1.54, 1.807) is 11.0 Å². The number of aryl methyl sites for hydroxylation is 1. The van der Waals surface area contributed by atoms with E-state index in [0.717, 1.165) is 17.8 Å². The molecule has 120 valence electrons. The van der Waals surface area contributed by atoms with Crippen molar-refractivity contribution in [2.45, 2.75) is 19.9 Å². The molecule has 0 saturated carbocycles. The van der Waals surface area contributed by atoms with Crippen molar-refractivity contribution in [2.24, 2.45) is 0 Å². The number of carbonyl (C=O) groups excluding carboxylic acids is 1. The number of aromatic nitrogens is 1. The van der Waals surface area contributed by atoms with E-state index >= 15 is 0 Å². The topological polar surface area (TPSA) is 45.2 Å². The van der Waals surface area contributed by atoms with Gasteiger partial charge >= 0.3 is 6.03 Å². The minimum absolute atomic E-state index is 0.0934. The van der Waals surface area contributed by atoms with Crippen LogP contribution < -0.4 is 5.32 Å². The first kappa shape index (κ1) is 16.7. The van der Waals surface area contributed by atoms with Gasteiger partial charge in [0.1, 0.15) is 0 Å². The molecule has 4 nitrogen and oxygen atoms in total. The van der Waals surface area contributed by atoms with Crippen LogP contribution in [0.1, 0.15) is 17.0 Å². The summed E-state index contributed by atoms with van der Waals surface area (Å²) in [5.41, 5.74) is 3.03. The normalized spacial score (nSPS) is 10.1. The molecule has 0 bridgehead atoms. The highest BCUT2D eigenvalue weighted by atomic mass is 16.2. The van der Waals surface area contributed by atoms with Gasteiger partial charge in [0.15, 0.2) is 0 Å². The lowest BCUT2D eigenvalue weighted by molar-refractivity contribution is 0.203. The Morgan fingerprint density at radius 3 is 2.70 bits per heavy atom. The van der Waals surface area contributed by atoms with Crippen LogP contribution in [0.2, 0.25) is 0 Å². The van der Waals surface area contributed by atoms with E-state index < -0.39 is 0 Å². The number of hydrogen-bond acceptors (Lipinski definition) is 2. The molecule has 0 unspecified atom stereocenters. The largest absolute Gasteiger partial charge is 0.332 e. The molecule has 2 amide bonds. The molecule has 2 rings (SSSR count). The number of urea groups is 1. The number of benzene rings is 1. The summed E-state index contributed by atoms with van der Waals surface area (Å²) in [5, 5.41) is 2.92. The molecule has 1 aromatic heterocycles. The van der Waals surface area contributed by atoms with Gasteiger partial charge in [0.25, 0.3) is 0 Å². The minimum Gasteiger partial charge on any atom is -0.332 e. The van der Waals surface area contributed by atoms with Gasteiger partial charge in [0, 0.05) is 18.8 Å². The van der Waals surface area contributed by atoms with Crippen LogP contribution in [0.25, 0.3) is 0 Å². The zero-order valence-electron chi connectivity index (χ0n) is 13.5. The number of pyridine rings is 1. The summed E-state index contributed by atoms with van der Waals surface area (Å²) in [6.45, 7) is 7.29. The van der Waals surface area contributed by atoms with Gasteiger partial charge in [-0.05, 0) is 31.0 Å². The average molecular weight is 309 g/mol. The Morgan fingerprint density at radius 1 is 1.22 bits per heavy atom. The van der Waals surface area contributed by atoms with Crippen LogP contribution >= 0.6 is 0 Å². The third-order valence-electron chi connectivity index (χ3n) is 3.52. The van der Waals surface area contributed by atoms with Crippen molar-refractivity contribution in [3.8, 4) is 0 Å². The van der Waals surface area contributed by atoms with Gasteiger partial charge in [-0.1, -0.05) is 42.5 Å². The lowest BCUT2D eigenvalue weighted by atomic mass is 10.1. The van der Waals surface area contributed by atoms with Gasteiger partial charge in [-0.15, -0.1) is 6.58 Å². The molecule has 0 radical (unpaired) electrons. The van der Waals surface area contributed by atoms with Crippen molar-refractivity contribution in [1.29, 1.82) is 0 Å². The van der Waals surface area contributed by atoms with Crippen LogP contribution in [-0.2, 0) is 13.0 Å². The molecule has 0 aliphatic carbocycles. The zero-order chi connectivity index (χ0) is 16.5. The summed E-state index contributed by atoms with van der Waals surface area (Å²) < 4.78 is 0. The smallest absolute Gasteiger partial charge is 0.318 e. The lowest BCUT2D eigenvalue weighted by Gasteiger charge is -2.21. The van der Waals surface area contributed by atoms with Crippen molar-refractivity contribution in [2.75, 3.05) is 13.1 Å². The molecule has 0 fully saturated rings. The second-order valence-corrected chi connectivity index (χ2v) is 5.40. The molecule has 23 heavy (non-hydrogen) atoms. The predicted octanol–water partition coefficient (Wildman–Crippen LogP) is 3.33. The molecular weight excluding hydrogens is 286 g/mol. The van der Waals surface area contributed by atoms with Gasteiger partial charge in [0.2, 0.25) is 0 Å². The van der Waals surface area contributed by atoms with Crippen LogP contribution in [0, 0.1) is 6.92 Å². The highest BCUT2D eigenvalue weighted by Gasteiger charge is 2.11. The highest BCUT2D eigenvalue weighted by Crippen LogP contribution is 2.03. The van der Waals surface area contributed by atoms with E-state index in [1.807, 2.05) is 43.3 Å². The molecular formula is C19H23N3O. The van der Waals surface area contributed by atoms with Gasteiger partial charge in [-0.2, -0.15) is 0 Å². The maximum absolute atomic E-state index is 12.4. The third kappa shape index (κ3) is 5.58. The number of carbonyl (C=O) groups is 1. The lowest BCUT2D eigenvalue weighted by Crippen LogP contribution is -2.41. The van der Waals surface area contributed by atoms with Gasteiger partial charge in [-0.3, -0.25) is 4.98 Å². The van der Waals surface area contributed by atoms with Crippen molar-refractivity contribution in [3.63, 3.8) is 0 Å². The fourth-order valence-corrected chi connectivity index (χ4v) is 2.32. The van der Waals surface area contributed by atoms with E-state index in [0.29, 0.717) is 19.6 Å². The van der Waals surface area contributed by atoms with Gasteiger partial charge < -0.3 is 10.2 Å². The molecule has 0 aliphatic rings. The first-order valence-corrected chi connectivity index (χ1v) is 7.79. The van der Waals surface area contributed by atoms with E-state index in [1.165, 1.54) is 5.56 Å².